The molecule has 3 aromatic rings. The number of rotatable bonds is 11. The number of hydrogen-bond donors (Lipinski definition) is 3. The Kier molecular flexibility index (Phi) is 10.3. The molecule has 0 fully saturated rings. The average molecular weight is 605 g/mol. The predicted molar refractivity (Wildman–Crippen MR) is 169 cm³/mol. The third-order valence-corrected chi connectivity index (χ3v) is 7.48. The van der Waals surface area contributed by atoms with Crippen LogP contribution in [-0.4, -0.2) is 51.3 Å². The van der Waals surface area contributed by atoms with Crippen molar-refractivity contribution < 1.29 is 28.5 Å². The van der Waals surface area contributed by atoms with Gasteiger partial charge in [0.05, 0.1) is 52.1 Å². The Morgan fingerprint density at radius 2 is 1.73 bits per heavy atom. The second kappa shape index (κ2) is 14.1. The van der Waals surface area contributed by atoms with Gasteiger partial charge in [-0.15, -0.1) is 0 Å². The number of anilines is 2. The molecule has 0 aliphatic heterocycles. The molecule has 0 spiro atoms. The maximum Gasteiger partial charge on any atom is 0.246 e. The number of nitrogens with zero attached hydrogens (tertiary/aromatic N) is 1. The van der Waals surface area contributed by atoms with Gasteiger partial charge in [0, 0.05) is 18.6 Å². The lowest BCUT2D eigenvalue weighted by Crippen LogP contribution is -2.37. The Morgan fingerprint density at radius 1 is 0.977 bits per heavy atom. The van der Waals surface area contributed by atoms with Gasteiger partial charge < -0.3 is 34.9 Å². The minimum absolute atomic E-state index is 0.152. The van der Waals surface area contributed by atoms with E-state index in [9.17, 15) is 14.4 Å². The van der Waals surface area contributed by atoms with Gasteiger partial charge in [-0.25, -0.2) is 4.98 Å². The molecular formula is C33H40N4O7. The summed E-state index contributed by atoms with van der Waals surface area (Å²) in [7, 11) is 6.17. The normalized spacial score (nSPS) is 14.3. The van der Waals surface area contributed by atoms with Crippen LogP contribution in [0.4, 0.5) is 11.4 Å². The van der Waals surface area contributed by atoms with E-state index >= 15 is 0 Å². The van der Waals surface area contributed by atoms with Gasteiger partial charge >= 0.3 is 0 Å². The second-order valence-corrected chi connectivity index (χ2v) is 11.0. The van der Waals surface area contributed by atoms with Crippen molar-refractivity contribution in [2.45, 2.75) is 52.1 Å². The molecule has 1 aliphatic rings. The lowest BCUT2D eigenvalue weighted by Gasteiger charge is -2.20. The maximum atomic E-state index is 13.8. The maximum absolute atomic E-state index is 13.8. The van der Waals surface area contributed by atoms with Crippen LogP contribution in [0, 0.1) is 5.92 Å². The SMILES string of the molecule is COc1ccc(NC(=O)C(CC(C)C)Nc2ccc3c(cc2=O)C(NC(C)=O)CCc2cc(OC)c(OC)c(OC)c2-3)cn1. The van der Waals surface area contributed by atoms with Crippen molar-refractivity contribution in [1.29, 1.82) is 0 Å². The molecule has 1 aliphatic carbocycles. The Balaban J connectivity index is 1.82. The number of ether oxygens (including phenoxy) is 4. The largest absolute Gasteiger partial charge is 0.493 e. The summed E-state index contributed by atoms with van der Waals surface area (Å²) in [5, 5.41) is 9.08. The van der Waals surface area contributed by atoms with Gasteiger partial charge in [0.1, 0.15) is 6.04 Å². The zero-order valence-corrected chi connectivity index (χ0v) is 26.2. The zero-order chi connectivity index (χ0) is 32.0. The van der Waals surface area contributed by atoms with Crippen LogP contribution in [0.1, 0.15) is 50.8 Å². The molecule has 1 heterocycles. The molecule has 3 N–H and O–H groups in total. The summed E-state index contributed by atoms with van der Waals surface area (Å²) in [5.41, 5.74) is 3.44. The summed E-state index contributed by atoms with van der Waals surface area (Å²) >= 11 is 0. The summed E-state index contributed by atoms with van der Waals surface area (Å²) in [6, 6.07) is 9.12. The molecule has 11 heteroatoms. The van der Waals surface area contributed by atoms with Crippen LogP contribution in [0.15, 0.2) is 47.4 Å². The lowest BCUT2D eigenvalue weighted by molar-refractivity contribution is -0.120. The van der Waals surface area contributed by atoms with Crippen LogP contribution >= 0.6 is 0 Å². The predicted octanol–water partition coefficient (Wildman–Crippen LogP) is 4.73. The minimum Gasteiger partial charge on any atom is -0.493 e. The van der Waals surface area contributed by atoms with Crippen LogP contribution in [-0.2, 0) is 16.0 Å². The van der Waals surface area contributed by atoms with Gasteiger partial charge in [0.25, 0.3) is 0 Å². The molecule has 1 aromatic heterocycles. The van der Waals surface area contributed by atoms with E-state index in [0.29, 0.717) is 59.2 Å². The summed E-state index contributed by atoms with van der Waals surface area (Å²) in [6.45, 7) is 5.46. The van der Waals surface area contributed by atoms with Crippen LogP contribution in [0.5, 0.6) is 23.1 Å². The number of amides is 2. The molecule has 0 radical (unpaired) electrons. The van der Waals surface area contributed by atoms with E-state index in [2.05, 4.69) is 20.9 Å². The van der Waals surface area contributed by atoms with Gasteiger partial charge in [-0.05, 0) is 66.1 Å². The van der Waals surface area contributed by atoms with Crippen LogP contribution in [0.2, 0.25) is 0 Å². The van der Waals surface area contributed by atoms with Gasteiger partial charge in [-0.3, -0.25) is 14.4 Å². The fourth-order valence-corrected chi connectivity index (χ4v) is 5.52. The lowest BCUT2D eigenvalue weighted by atomic mass is 9.95. The van der Waals surface area contributed by atoms with Crippen molar-refractivity contribution >= 4 is 23.2 Å². The molecule has 2 aromatic carbocycles. The molecule has 234 valence electrons. The molecular weight excluding hydrogens is 564 g/mol. The van der Waals surface area contributed by atoms with E-state index in [1.807, 2.05) is 26.0 Å². The third-order valence-electron chi connectivity index (χ3n) is 7.48. The van der Waals surface area contributed by atoms with Gasteiger partial charge in [-0.1, -0.05) is 19.9 Å². The number of methoxy groups -OCH3 is 4. The van der Waals surface area contributed by atoms with Gasteiger partial charge in [-0.2, -0.15) is 0 Å². The first kappa shape index (κ1) is 32.1. The smallest absolute Gasteiger partial charge is 0.246 e. The number of benzene rings is 1. The number of aromatic nitrogens is 1. The van der Waals surface area contributed by atoms with Crippen molar-refractivity contribution in [3.05, 3.63) is 63.9 Å². The monoisotopic (exact) mass is 604 g/mol. The molecule has 2 atom stereocenters. The van der Waals surface area contributed by atoms with E-state index < -0.39 is 12.1 Å². The summed E-state index contributed by atoms with van der Waals surface area (Å²) in [5.74, 6) is 1.46. The highest BCUT2D eigenvalue weighted by molar-refractivity contribution is 5.96. The molecule has 2 amide bonds. The number of aryl methyl sites for hydroxylation is 1. The molecule has 4 rings (SSSR count). The first-order valence-corrected chi connectivity index (χ1v) is 14.4. The highest BCUT2D eigenvalue weighted by Crippen LogP contribution is 2.50. The number of fused-ring (bicyclic) bond motifs is 3. The fraction of sp³-hybridized carbons (Fsp3) is 0.394. The van der Waals surface area contributed by atoms with E-state index in [1.165, 1.54) is 33.4 Å². The van der Waals surface area contributed by atoms with Crippen molar-refractivity contribution in [2.24, 2.45) is 5.92 Å². The van der Waals surface area contributed by atoms with Gasteiger partial charge in [0.15, 0.2) is 11.5 Å². The molecule has 11 nitrogen and oxygen atoms in total. The first-order valence-electron chi connectivity index (χ1n) is 14.4. The quantitative estimate of drug-likeness (QED) is 0.284. The summed E-state index contributed by atoms with van der Waals surface area (Å²) in [4.78, 5) is 43.6. The standard InChI is InChI=1S/C33H40N4O7/c1-18(2)14-26(33(40)36-21-9-13-29(42-5)34-17-21)37-25-12-10-22-23(16-27(25)39)24(35-19(3)38)11-8-20-15-28(41-4)31(43-6)32(44-7)30(20)22/h9-10,12-13,15-18,24,26H,8,11,14H2,1-7H3,(H,35,38)(H,36,40)(H,37,39). The topological polar surface area (TPSA) is 137 Å². The number of carbonyl (C=O) groups is 2. The molecule has 2 unspecified atom stereocenters. The summed E-state index contributed by atoms with van der Waals surface area (Å²) < 4.78 is 22.2. The molecule has 0 saturated heterocycles. The van der Waals surface area contributed by atoms with Crippen molar-refractivity contribution in [3.8, 4) is 34.3 Å². The van der Waals surface area contributed by atoms with Crippen molar-refractivity contribution in [3.63, 3.8) is 0 Å². The second-order valence-electron chi connectivity index (χ2n) is 11.0. The van der Waals surface area contributed by atoms with E-state index in [4.69, 9.17) is 18.9 Å². The third kappa shape index (κ3) is 7.04. The van der Waals surface area contributed by atoms with Crippen LogP contribution in [0.25, 0.3) is 11.1 Å². The Bertz CT molecular complexity index is 1570. The summed E-state index contributed by atoms with van der Waals surface area (Å²) in [6.07, 6.45) is 3.11. The Labute approximate surface area is 257 Å². The van der Waals surface area contributed by atoms with Crippen molar-refractivity contribution in [2.75, 3.05) is 39.1 Å². The van der Waals surface area contributed by atoms with E-state index in [-0.39, 0.29) is 28.8 Å². The highest BCUT2D eigenvalue weighted by atomic mass is 16.5. The average Bonchev–Trinajstić information content (AvgIpc) is 3.24. The number of carbonyl (C=O) groups excluding carboxylic acids is 2. The van der Waals surface area contributed by atoms with Crippen LogP contribution in [0.3, 0.4) is 0 Å². The zero-order valence-electron chi connectivity index (χ0n) is 26.2. The van der Waals surface area contributed by atoms with Crippen molar-refractivity contribution in [1.82, 2.24) is 10.3 Å². The highest BCUT2D eigenvalue weighted by Gasteiger charge is 2.30. The molecule has 44 heavy (non-hydrogen) atoms. The minimum atomic E-state index is -0.718. The van der Waals surface area contributed by atoms with Crippen LogP contribution < -0.4 is 40.3 Å². The number of hydrogen-bond acceptors (Lipinski definition) is 9. The molecule has 0 bridgehead atoms. The van der Waals surface area contributed by atoms with E-state index in [1.54, 1.807) is 32.4 Å². The molecule has 0 saturated carbocycles. The Hall–Kier alpha value is -4.80. The van der Waals surface area contributed by atoms with E-state index in [0.717, 1.165) is 11.1 Å². The number of nitrogens with one attached hydrogen (secondary N) is 3. The fourth-order valence-electron chi connectivity index (χ4n) is 5.52. The van der Waals surface area contributed by atoms with Gasteiger partial charge in [0.2, 0.25) is 28.9 Å². The Morgan fingerprint density at radius 3 is 2.32 bits per heavy atom. The first-order chi connectivity index (χ1) is 21.1. The number of pyridine rings is 1.